The first-order chi connectivity index (χ1) is 9.08. The number of nitrogens with zero attached hydrogens (tertiary/aromatic N) is 1. The van der Waals surface area contributed by atoms with Crippen LogP contribution in [0.3, 0.4) is 0 Å². The van der Waals surface area contributed by atoms with Crippen molar-refractivity contribution in [1.82, 2.24) is 9.97 Å². The molecule has 98 valence electrons. The molecule has 0 aliphatic rings. The number of aliphatic carboxylic acids is 1. The molecule has 0 aliphatic carbocycles. The van der Waals surface area contributed by atoms with Gasteiger partial charge in [-0.15, -0.1) is 0 Å². The van der Waals surface area contributed by atoms with E-state index in [0.29, 0.717) is 11.3 Å². The molecule has 0 unspecified atom stereocenters. The van der Waals surface area contributed by atoms with Gasteiger partial charge in [0, 0.05) is 17.5 Å². The van der Waals surface area contributed by atoms with Crippen molar-refractivity contribution in [2.45, 2.75) is 12.8 Å². The van der Waals surface area contributed by atoms with Gasteiger partial charge in [0.2, 0.25) is 5.95 Å². The summed E-state index contributed by atoms with van der Waals surface area (Å²) in [4.78, 5) is 29.0. The van der Waals surface area contributed by atoms with Crippen LogP contribution in [0.4, 0.5) is 5.95 Å². The second-order valence-corrected chi connectivity index (χ2v) is 4.04. The van der Waals surface area contributed by atoms with E-state index in [1.54, 1.807) is 12.1 Å². The maximum atomic E-state index is 11.9. The van der Waals surface area contributed by atoms with Crippen molar-refractivity contribution < 1.29 is 9.90 Å². The van der Waals surface area contributed by atoms with E-state index >= 15 is 0 Å². The third-order valence-corrected chi connectivity index (χ3v) is 2.67. The minimum Gasteiger partial charge on any atom is -0.481 e. The summed E-state index contributed by atoms with van der Waals surface area (Å²) in [5, 5.41) is 8.72. The van der Waals surface area contributed by atoms with E-state index in [9.17, 15) is 9.59 Å². The number of hydrogen-bond donors (Lipinski definition) is 3. The van der Waals surface area contributed by atoms with Gasteiger partial charge in [-0.05, 0) is 6.42 Å². The van der Waals surface area contributed by atoms with Crippen molar-refractivity contribution >= 4 is 11.9 Å². The van der Waals surface area contributed by atoms with Gasteiger partial charge in [0.25, 0.3) is 5.56 Å². The van der Waals surface area contributed by atoms with Gasteiger partial charge < -0.3 is 10.8 Å². The number of carbonyl (C=O) groups is 1. The normalized spacial score (nSPS) is 10.3. The zero-order valence-electron chi connectivity index (χ0n) is 10.1. The average molecular weight is 259 g/mol. The Balaban J connectivity index is 2.52. The number of H-pyrrole nitrogens is 1. The first kappa shape index (κ1) is 12.8. The van der Waals surface area contributed by atoms with Crippen molar-refractivity contribution in [3.63, 3.8) is 0 Å². The Morgan fingerprint density at radius 1 is 1.32 bits per heavy atom. The molecular formula is C13H13N3O3. The van der Waals surface area contributed by atoms with Gasteiger partial charge in [-0.2, -0.15) is 0 Å². The highest BCUT2D eigenvalue weighted by Crippen LogP contribution is 2.20. The first-order valence-corrected chi connectivity index (χ1v) is 5.74. The van der Waals surface area contributed by atoms with Crippen molar-refractivity contribution in [1.29, 1.82) is 0 Å². The minimum absolute atomic E-state index is 0.0166. The highest BCUT2D eigenvalue weighted by atomic mass is 16.4. The third-order valence-electron chi connectivity index (χ3n) is 2.67. The lowest BCUT2D eigenvalue weighted by molar-refractivity contribution is -0.136. The Morgan fingerprint density at radius 3 is 2.63 bits per heavy atom. The molecule has 0 atom stereocenters. The van der Waals surface area contributed by atoms with E-state index in [1.807, 2.05) is 18.2 Å². The van der Waals surface area contributed by atoms with Crippen LogP contribution in [-0.4, -0.2) is 21.0 Å². The Labute approximate surface area is 108 Å². The van der Waals surface area contributed by atoms with Crippen LogP contribution in [0.25, 0.3) is 11.3 Å². The quantitative estimate of drug-likeness (QED) is 0.760. The number of rotatable bonds is 4. The summed E-state index contributed by atoms with van der Waals surface area (Å²) in [6.07, 6.45) is -0.0172. The summed E-state index contributed by atoms with van der Waals surface area (Å²) in [6.45, 7) is 0. The molecule has 0 bridgehead atoms. The molecule has 0 aliphatic heterocycles. The molecule has 0 radical (unpaired) electrons. The van der Waals surface area contributed by atoms with Gasteiger partial charge in [-0.3, -0.25) is 14.6 Å². The number of hydrogen-bond acceptors (Lipinski definition) is 4. The van der Waals surface area contributed by atoms with E-state index in [1.165, 1.54) is 0 Å². The van der Waals surface area contributed by atoms with Crippen LogP contribution in [0.1, 0.15) is 12.0 Å². The predicted octanol–water partition coefficient (Wildman–Crippen LogP) is 1.04. The summed E-state index contributed by atoms with van der Waals surface area (Å²) >= 11 is 0. The maximum absolute atomic E-state index is 11.9. The topological polar surface area (TPSA) is 109 Å². The third kappa shape index (κ3) is 2.98. The molecule has 1 aromatic heterocycles. The monoisotopic (exact) mass is 259 g/mol. The zero-order valence-corrected chi connectivity index (χ0v) is 10.1. The minimum atomic E-state index is -0.963. The lowest BCUT2D eigenvalue weighted by atomic mass is 10.0. The standard InChI is InChI=1S/C13H13N3O3/c14-13-15-11(8-4-2-1-3-5-8)9(12(19)16-13)6-7-10(17)18/h1-5H,6-7H2,(H,17,18)(H3,14,15,16,19). The van der Waals surface area contributed by atoms with Crippen LogP contribution in [0.15, 0.2) is 35.1 Å². The van der Waals surface area contributed by atoms with Gasteiger partial charge in [-0.1, -0.05) is 30.3 Å². The van der Waals surface area contributed by atoms with Crippen molar-refractivity contribution in [3.8, 4) is 11.3 Å². The van der Waals surface area contributed by atoms with E-state index < -0.39 is 11.5 Å². The Kier molecular flexibility index (Phi) is 3.61. The molecule has 0 amide bonds. The number of nitrogens with two attached hydrogens (primary N) is 1. The van der Waals surface area contributed by atoms with Crippen LogP contribution in [0.5, 0.6) is 0 Å². The fourth-order valence-electron chi connectivity index (χ4n) is 1.81. The van der Waals surface area contributed by atoms with E-state index in [-0.39, 0.29) is 18.8 Å². The zero-order chi connectivity index (χ0) is 13.8. The molecule has 0 saturated carbocycles. The first-order valence-electron chi connectivity index (χ1n) is 5.74. The molecular weight excluding hydrogens is 246 g/mol. The second kappa shape index (κ2) is 5.34. The molecule has 0 fully saturated rings. The summed E-state index contributed by atoms with van der Waals surface area (Å²) in [6, 6.07) is 9.07. The smallest absolute Gasteiger partial charge is 0.303 e. The van der Waals surface area contributed by atoms with Gasteiger partial charge in [0.05, 0.1) is 5.69 Å². The van der Waals surface area contributed by atoms with Crippen molar-refractivity contribution in [2.75, 3.05) is 5.73 Å². The molecule has 1 aromatic carbocycles. The molecule has 6 nitrogen and oxygen atoms in total. The fourth-order valence-corrected chi connectivity index (χ4v) is 1.81. The highest BCUT2D eigenvalue weighted by Gasteiger charge is 2.13. The summed E-state index contributed by atoms with van der Waals surface area (Å²) in [5.41, 5.74) is 6.65. The molecule has 0 spiro atoms. The van der Waals surface area contributed by atoms with E-state index in [0.717, 1.165) is 5.56 Å². The van der Waals surface area contributed by atoms with Crippen molar-refractivity contribution in [2.24, 2.45) is 0 Å². The highest BCUT2D eigenvalue weighted by molar-refractivity contribution is 5.69. The van der Waals surface area contributed by atoms with Gasteiger partial charge in [0.15, 0.2) is 0 Å². The number of anilines is 1. The maximum Gasteiger partial charge on any atom is 0.303 e. The molecule has 2 rings (SSSR count). The van der Waals surface area contributed by atoms with Crippen molar-refractivity contribution in [3.05, 3.63) is 46.2 Å². The van der Waals surface area contributed by atoms with Gasteiger partial charge in [0.1, 0.15) is 0 Å². The summed E-state index contributed by atoms with van der Waals surface area (Å²) in [7, 11) is 0. The molecule has 6 heteroatoms. The lowest BCUT2D eigenvalue weighted by Crippen LogP contribution is -2.19. The van der Waals surface area contributed by atoms with Gasteiger partial charge >= 0.3 is 5.97 Å². The summed E-state index contributed by atoms with van der Waals surface area (Å²) in [5.74, 6) is -0.946. The molecule has 2 aromatic rings. The Hall–Kier alpha value is -2.63. The second-order valence-electron chi connectivity index (χ2n) is 4.04. The number of carboxylic acid groups (broad SMARTS) is 1. The van der Waals surface area contributed by atoms with E-state index in [2.05, 4.69) is 9.97 Å². The number of benzene rings is 1. The Bertz CT molecular complexity index is 650. The molecule has 19 heavy (non-hydrogen) atoms. The van der Waals surface area contributed by atoms with E-state index in [4.69, 9.17) is 10.8 Å². The number of nitrogens with one attached hydrogen (secondary N) is 1. The number of carboxylic acids is 1. The lowest BCUT2D eigenvalue weighted by Gasteiger charge is -2.07. The average Bonchev–Trinajstić information content (AvgIpc) is 2.37. The van der Waals surface area contributed by atoms with Crippen LogP contribution in [-0.2, 0) is 11.2 Å². The van der Waals surface area contributed by atoms with Crippen LogP contribution < -0.4 is 11.3 Å². The summed E-state index contributed by atoms with van der Waals surface area (Å²) < 4.78 is 0. The largest absolute Gasteiger partial charge is 0.481 e. The fraction of sp³-hybridized carbons (Fsp3) is 0.154. The number of aromatic nitrogens is 2. The molecule has 1 heterocycles. The Morgan fingerprint density at radius 2 is 2.00 bits per heavy atom. The van der Waals surface area contributed by atoms with Crippen LogP contribution in [0, 0.1) is 0 Å². The SMILES string of the molecule is Nc1nc(-c2ccccc2)c(CCC(=O)O)c(=O)[nH]1. The van der Waals surface area contributed by atoms with Crippen LogP contribution >= 0.6 is 0 Å². The van der Waals surface area contributed by atoms with Crippen LogP contribution in [0.2, 0.25) is 0 Å². The predicted molar refractivity (Wildman–Crippen MR) is 70.7 cm³/mol. The molecule has 0 saturated heterocycles. The molecule has 4 N–H and O–H groups in total. The number of nitrogen functional groups attached to an aromatic ring is 1. The number of aromatic amines is 1. The van der Waals surface area contributed by atoms with Gasteiger partial charge in [-0.25, -0.2) is 4.98 Å².